The number of halogens is 1. The lowest BCUT2D eigenvalue weighted by Gasteiger charge is -2.08. The van der Waals surface area contributed by atoms with Gasteiger partial charge in [-0.1, -0.05) is 0 Å². The van der Waals surface area contributed by atoms with Crippen LogP contribution in [0.5, 0.6) is 0 Å². The van der Waals surface area contributed by atoms with Crippen molar-refractivity contribution in [2.24, 2.45) is 0 Å². The number of pyridine rings is 1. The first-order valence-electron chi connectivity index (χ1n) is 5.12. The molecule has 0 spiro atoms. The molecule has 0 atom stereocenters. The van der Waals surface area contributed by atoms with Crippen LogP contribution < -0.4 is 4.72 Å². The third kappa shape index (κ3) is 5.01. The van der Waals surface area contributed by atoms with Crippen LogP contribution in [0.4, 0.5) is 5.69 Å². The molecule has 0 fully saturated rings. The second kappa shape index (κ2) is 6.69. The lowest BCUT2D eigenvalue weighted by Crippen LogP contribution is -2.18. The fourth-order valence-electron chi connectivity index (χ4n) is 1.19. The van der Waals surface area contributed by atoms with Gasteiger partial charge in [0.2, 0.25) is 10.0 Å². The Hall–Kier alpha value is -1.15. The zero-order chi connectivity index (χ0) is 13.6. The van der Waals surface area contributed by atoms with Crippen molar-refractivity contribution in [3.63, 3.8) is 0 Å². The molecule has 18 heavy (non-hydrogen) atoms. The summed E-state index contributed by atoms with van der Waals surface area (Å²) >= 11 is 3.14. The van der Waals surface area contributed by atoms with Crippen LogP contribution in [0.2, 0.25) is 0 Å². The predicted molar refractivity (Wildman–Crippen MR) is 70.6 cm³/mol. The quantitative estimate of drug-likeness (QED) is 0.629. The van der Waals surface area contributed by atoms with Gasteiger partial charge in [0.1, 0.15) is 4.60 Å². The normalized spacial score (nSPS) is 11.0. The summed E-state index contributed by atoms with van der Waals surface area (Å²) in [4.78, 5) is 14.8. The van der Waals surface area contributed by atoms with E-state index in [9.17, 15) is 13.2 Å². The van der Waals surface area contributed by atoms with Gasteiger partial charge in [-0.2, -0.15) is 0 Å². The number of methoxy groups -OCH3 is 1. The number of carbonyl (C=O) groups excluding carboxylic acids is 1. The number of carbonyl (C=O) groups is 1. The van der Waals surface area contributed by atoms with Crippen molar-refractivity contribution in [1.29, 1.82) is 0 Å². The second-order valence-corrected chi connectivity index (χ2v) is 6.04. The summed E-state index contributed by atoms with van der Waals surface area (Å²) in [6.07, 6.45) is 1.82. The van der Waals surface area contributed by atoms with Crippen LogP contribution in [-0.4, -0.2) is 32.2 Å². The number of sulfonamides is 1. The minimum atomic E-state index is -3.49. The lowest BCUT2D eigenvalue weighted by molar-refractivity contribution is -0.140. The monoisotopic (exact) mass is 336 g/mol. The van der Waals surface area contributed by atoms with Crippen molar-refractivity contribution >= 4 is 37.6 Å². The number of anilines is 1. The minimum Gasteiger partial charge on any atom is -0.469 e. The Kier molecular flexibility index (Phi) is 5.54. The summed E-state index contributed by atoms with van der Waals surface area (Å²) in [6.45, 7) is 0. The highest BCUT2D eigenvalue weighted by atomic mass is 79.9. The van der Waals surface area contributed by atoms with Crippen molar-refractivity contribution in [3.05, 3.63) is 22.9 Å². The van der Waals surface area contributed by atoms with E-state index < -0.39 is 16.0 Å². The first kappa shape index (κ1) is 14.9. The van der Waals surface area contributed by atoms with Gasteiger partial charge < -0.3 is 4.74 Å². The Morgan fingerprint density at radius 3 is 2.89 bits per heavy atom. The standard InChI is InChI=1S/C10H13BrN2O4S/c1-17-9(14)5-3-7-18(15,16)13-8-4-2-6-12-10(8)11/h2,4,6,13H,3,5,7H2,1H3. The molecule has 6 nitrogen and oxygen atoms in total. The summed E-state index contributed by atoms with van der Waals surface area (Å²) in [5.41, 5.74) is 0.371. The maximum atomic E-state index is 11.7. The highest BCUT2D eigenvalue weighted by Crippen LogP contribution is 2.19. The van der Waals surface area contributed by atoms with E-state index in [4.69, 9.17) is 0 Å². The zero-order valence-electron chi connectivity index (χ0n) is 9.72. The molecule has 0 aliphatic carbocycles. The Bertz CT molecular complexity index is 518. The third-order valence-corrected chi connectivity index (χ3v) is 4.04. The summed E-state index contributed by atoms with van der Waals surface area (Å²) in [5.74, 6) is -0.573. The molecule has 0 saturated heterocycles. The number of esters is 1. The van der Waals surface area contributed by atoms with Gasteiger partial charge in [0.25, 0.3) is 0 Å². The minimum absolute atomic E-state index is 0.0750. The van der Waals surface area contributed by atoms with Crippen LogP contribution in [0.15, 0.2) is 22.9 Å². The van der Waals surface area contributed by atoms with Gasteiger partial charge in [-0.05, 0) is 34.5 Å². The summed E-state index contributed by atoms with van der Waals surface area (Å²) in [5, 5.41) is 0. The number of nitrogens with one attached hydrogen (secondary N) is 1. The molecule has 1 rings (SSSR count). The number of aromatic nitrogens is 1. The number of hydrogen-bond donors (Lipinski definition) is 1. The Morgan fingerprint density at radius 2 is 2.28 bits per heavy atom. The Balaban J connectivity index is 2.55. The fraction of sp³-hybridized carbons (Fsp3) is 0.400. The Labute approximate surface area is 114 Å². The van der Waals surface area contributed by atoms with Crippen molar-refractivity contribution in [1.82, 2.24) is 4.98 Å². The van der Waals surface area contributed by atoms with Gasteiger partial charge in [-0.3, -0.25) is 9.52 Å². The van der Waals surface area contributed by atoms with Crippen molar-refractivity contribution in [3.8, 4) is 0 Å². The molecule has 1 aromatic rings. The highest BCUT2D eigenvalue weighted by molar-refractivity contribution is 9.10. The maximum absolute atomic E-state index is 11.7. The average Bonchev–Trinajstić information content (AvgIpc) is 2.31. The molecular formula is C10H13BrN2O4S. The van der Waals surface area contributed by atoms with Gasteiger partial charge in [0.15, 0.2) is 0 Å². The number of rotatable bonds is 6. The van der Waals surface area contributed by atoms with Crippen molar-refractivity contribution < 1.29 is 17.9 Å². The first-order chi connectivity index (χ1) is 8.44. The molecule has 0 bridgehead atoms. The van der Waals surface area contributed by atoms with Crippen LogP contribution in [0.1, 0.15) is 12.8 Å². The van der Waals surface area contributed by atoms with E-state index in [-0.39, 0.29) is 18.6 Å². The molecule has 100 valence electrons. The molecule has 1 aromatic heterocycles. The summed E-state index contributed by atoms with van der Waals surface area (Å²) < 4.78 is 30.7. The third-order valence-electron chi connectivity index (χ3n) is 2.05. The van der Waals surface area contributed by atoms with Gasteiger partial charge in [-0.25, -0.2) is 13.4 Å². The lowest BCUT2D eigenvalue weighted by atomic mass is 10.3. The fourth-order valence-corrected chi connectivity index (χ4v) is 2.80. The smallest absolute Gasteiger partial charge is 0.305 e. The first-order valence-corrected chi connectivity index (χ1v) is 7.57. The van der Waals surface area contributed by atoms with E-state index in [2.05, 4.69) is 30.4 Å². The van der Waals surface area contributed by atoms with Crippen LogP contribution in [0.25, 0.3) is 0 Å². The van der Waals surface area contributed by atoms with E-state index in [1.807, 2.05) is 0 Å². The van der Waals surface area contributed by atoms with E-state index in [1.54, 1.807) is 18.3 Å². The van der Waals surface area contributed by atoms with Gasteiger partial charge >= 0.3 is 5.97 Å². The van der Waals surface area contributed by atoms with E-state index in [1.165, 1.54) is 7.11 Å². The van der Waals surface area contributed by atoms with E-state index >= 15 is 0 Å². The number of nitrogens with zero attached hydrogens (tertiary/aromatic N) is 1. The predicted octanol–water partition coefficient (Wildman–Crippen LogP) is 1.54. The van der Waals surface area contributed by atoms with Crippen molar-refractivity contribution in [2.75, 3.05) is 17.6 Å². The van der Waals surface area contributed by atoms with Crippen LogP contribution in [0.3, 0.4) is 0 Å². The molecule has 0 aromatic carbocycles. The Morgan fingerprint density at radius 1 is 1.56 bits per heavy atom. The van der Waals surface area contributed by atoms with Gasteiger partial charge in [0, 0.05) is 12.6 Å². The van der Waals surface area contributed by atoms with Crippen LogP contribution >= 0.6 is 15.9 Å². The molecule has 8 heteroatoms. The number of ether oxygens (including phenoxy) is 1. The van der Waals surface area contributed by atoms with E-state index in [0.29, 0.717) is 10.3 Å². The molecule has 0 unspecified atom stereocenters. The highest BCUT2D eigenvalue weighted by Gasteiger charge is 2.13. The molecule has 1 N–H and O–H groups in total. The summed E-state index contributed by atoms with van der Waals surface area (Å²) in [6, 6.07) is 3.21. The van der Waals surface area contributed by atoms with Gasteiger partial charge in [-0.15, -0.1) is 0 Å². The van der Waals surface area contributed by atoms with Crippen LogP contribution in [0, 0.1) is 0 Å². The summed E-state index contributed by atoms with van der Waals surface area (Å²) in [7, 11) is -2.22. The molecule has 0 aliphatic heterocycles. The van der Waals surface area contributed by atoms with Gasteiger partial charge in [0.05, 0.1) is 18.6 Å². The zero-order valence-corrected chi connectivity index (χ0v) is 12.1. The molecule has 1 heterocycles. The number of hydrogen-bond acceptors (Lipinski definition) is 5. The van der Waals surface area contributed by atoms with E-state index in [0.717, 1.165) is 0 Å². The second-order valence-electron chi connectivity index (χ2n) is 3.44. The SMILES string of the molecule is COC(=O)CCCS(=O)(=O)Nc1cccnc1Br. The van der Waals surface area contributed by atoms with Crippen LogP contribution in [-0.2, 0) is 19.6 Å². The molecule has 0 radical (unpaired) electrons. The average molecular weight is 337 g/mol. The largest absolute Gasteiger partial charge is 0.469 e. The molecule has 0 aliphatic rings. The van der Waals surface area contributed by atoms with Crippen molar-refractivity contribution in [2.45, 2.75) is 12.8 Å². The maximum Gasteiger partial charge on any atom is 0.305 e. The molecule has 0 amide bonds. The topological polar surface area (TPSA) is 85.4 Å². The molecule has 0 saturated carbocycles. The molecular weight excluding hydrogens is 324 g/mol.